The minimum atomic E-state index is -0.721. The quantitative estimate of drug-likeness (QED) is 0.796. The molecular formula is C16H27N3O2S. The van der Waals surface area contributed by atoms with Crippen LogP contribution in [-0.2, 0) is 5.41 Å². The van der Waals surface area contributed by atoms with Gasteiger partial charge in [0.05, 0.1) is 17.3 Å². The largest absolute Gasteiger partial charge is 0.388 e. The van der Waals surface area contributed by atoms with Crippen molar-refractivity contribution in [2.45, 2.75) is 70.4 Å². The molecular weight excluding hydrogens is 298 g/mol. The van der Waals surface area contributed by atoms with E-state index in [-0.39, 0.29) is 17.5 Å². The summed E-state index contributed by atoms with van der Waals surface area (Å²) in [5.74, 6) is 0. The summed E-state index contributed by atoms with van der Waals surface area (Å²) in [5, 5.41) is 18.9. The van der Waals surface area contributed by atoms with Crippen LogP contribution in [0.1, 0.15) is 70.1 Å². The van der Waals surface area contributed by atoms with Gasteiger partial charge in [-0.25, -0.2) is 9.78 Å². The summed E-state index contributed by atoms with van der Waals surface area (Å²) in [6.45, 7) is 8.61. The zero-order chi connectivity index (χ0) is 16.4. The summed E-state index contributed by atoms with van der Waals surface area (Å²) in [6.07, 6.45) is 3.60. The fourth-order valence-electron chi connectivity index (χ4n) is 2.60. The van der Waals surface area contributed by atoms with E-state index < -0.39 is 5.60 Å². The second-order valence-electron chi connectivity index (χ2n) is 7.30. The molecule has 1 aromatic rings. The molecule has 1 fully saturated rings. The molecule has 0 bridgehead atoms. The van der Waals surface area contributed by atoms with E-state index in [1.165, 1.54) is 0 Å². The molecule has 3 N–H and O–H groups in total. The zero-order valence-electron chi connectivity index (χ0n) is 13.9. The first-order valence-corrected chi connectivity index (χ1v) is 8.80. The number of carbonyl (C=O) groups excluding carboxylic acids is 1. The Morgan fingerprint density at radius 2 is 2.09 bits per heavy atom. The molecule has 0 saturated heterocycles. The molecule has 124 valence electrons. The van der Waals surface area contributed by atoms with Crippen LogP contribution in [0.15, 0.2) is 5.38 Å². The monoisotopic (exact) mass is 325 g/mol. The Morgan fingerprint density at radius 3 is 2.64 bits per heavy atom. The summed E-state index contributed by atoms with van der Waals surface area (Å²) in [7, 11) is 0. The van der Waals surface area contributed by atoms with E-state index in [9.17, 15) is 9.90 Å². The molecule has 1 heterocycles. The van der Waals surface area contributed by atoms with Gasteiger partial charge in [-0.2, -0.15) is 0 Å². The number of rotatable bonds is 4. The molecule has 0 spiro atoms. The van der Waals surface area contributed by atoms with E-state index in [0.717, 1.165) is 36.4 Å². The maximum absolute atomic E-state index is 12.0. The molecule has 0 aliphatic heterocycles. The third-order valence-corrected chi connectivity index (χ3v) is 5.15. The van der Waals surface area contributed by atoms with Gasteiger partial charge in [0.1, 0.15) is 5.01 Å². The highest BCUT2D eigenvalue weighted by Crippen LogP contribution is 2.29. The predicted molar refractivity (Wildman–Crippen MR) is 89.2 cm³/mol. The summed E-state index contributed by atoms with van der Waals surface area (Å²) >= 11 is 1.57. The molecule has 5 nitrogen and oxygen atoms in total. The van der Waals surface area contributed by atoms with Crippen LogP contribution in [0.3, 0.4) is 0 Å². The van der Waals surface area contributed by atoms with Gasteiger partial charge in [-0.1, -0.05) is 33.6 Å². The average Bonchev–Trinajstić information content (AvgIpc) is 3.05. The van der Waals surface area contributed by atoms with E-state index in [1.54, 1.807) is 11.3 Å². The number of carbonyl (C=O) groups is 1. The summed E-state index contributed by atoms with van der Waals surface area (Å²) in [5.41, 5.74) is 0.339. The summed E-state index contributed by atoms with van der Waals surface area (Å²) in [4.78, 5) is 16.6. The fourth-order valence-corrected chi connectivity index (χ4v) is 3.65. The SMILES string of the molecule is CC(NC(=O)NCC1(O)CCCC1)c1nc(C(C)(C)C)cs1. The first-order chi connectivity index (χ1) is 10.2. The lowest BCUT2D eigenvalue weighted by molar-refractivity contribution is 0.0500. The predicted octanol–water partition coefficient (Wildman–Crippen LogP) is 3.11. The van der Waals surface area contributed by atoms with Crippen molar-refractivity contribution in [3.8, 4) is 0 Å². The van der Waals surface area contributed by atoms with Crippen LogP contribution in [0.4, 0.5) is 4.79 Å². The Hall–Kier alpha value is -1.14. The number of hydrogen-bond acceptors (Lipinski definition) is 4. The van der Waals surface area contributed by atoms with E-state index in [0.29, 0.717) is 6.54 Å². The van der Waals surface area contributed by atoms with Gasteiger partial charge in [-0.15, -0.1) is 11.3 Å². The molecule has 22 heavy (non-hydrogen) atoms. The lowest BCUT2D eigenvalue weighted by Crippen LogP contribution is -2.45. The van der Waals surface area contributed by atoms with Crippen molar-refractivity contribution in [3.05, 3.63) is 16.1 Å². The number of amides is 2. The van der Waals surface area contributed by atoms with Gasteiger partial charge in [0.2, 0.25) is 0 Å². The molecule has 1 unspecified atom stereocenters. The molecule has 1 atom stereocenters. The van der Waals surface area contributed by atoms with Crippen molar-refractivity contribution in [2.75, 3.05) is 6.54 Å². The number of hydrogen-bond donors (Lipinski definition) is 3. The second-order valence-corrected chi connectivity index (χ2v) is 8.19. The van der Waals surface area contributed by atoms with Crippen molar-refractivity contribution >= 4 is 17.4 Å². The number of aromatic nitrogens is 1. The number of nitrogens with zero attached hydrogens (tertiary/aromatic N) is 1. The van der Waals surface area contributed by atoms with Gasteiger partial charge >= 0.3 is 6.03 Å². The van der Waals surface area contributed by atoms with Crippen LogP contribution in [0, 0.1) is 0 Å². The van der Waals surface area contributed by atoms with Crippen LogP contribution < -0.4 is 10.6 Å². The third kappa shape index (κ3) is 4.43. The molecule has 1 saturated carbocycles. The van der Waals surface area contributed by atoms with Crippen molar-refractivity contribution in [2.24, 2.45) is 0 Å². The Kier molecular flexibility index (Phi) is 5.12. The van der Waals surface area contributed by atoms with E-state index in [4.69, 9.17) is 0 Å². The van der Waals surface area contributed by atoms with Crippen molar-refractivity contribution < 1.29 is 9.90 Å². The van der Waals surface area contributed by atoms with Gasteiger partial charge in [0.15, 0.2) is 0 Å². The van der Waals surface area contributed by atoms with E-state index >= 15 is 0 Å². The number of aliphatic hydroxyl groups is 1. The van der Waals surface area contributed by atoms with Gasteiger partial charge in [-0.3, -0.25) is 0 Å². The van der Waals surface area contributed by atoms with Gasteiger partial charge in [0, 0.05) is 17.3 Å². The third-order valence-electron chi connectivity index (χ3n) is 4.12. The first-order valence-electron chi connectivity index (χ1n) is 7.92. The number of thiazole rings is 1. The van der Waals surface area contributed by atoms with Gasteiger partial charge in [-0.05, 0) is 19.8 Å². The Morgan fingerprint density at radius 1 is 1.45 bits per heavy atom. The smallest absolute Gasteiger partial charge is 0.315 e. The summed E-state index contributed by atoms with van der Waals surface area (Å²) in [6, 6.07) is -0.389. The van der Waals surface area contributed by atoms with Crippen LogP contribution in [0.25, 0.3) is 0 Å². The molecule has 1 aliphatic carbocycles. The van der Waals surface area contributed by atoms with Crippen LogP contribution >= 0.6 is 11.3 Å². The van der Waals surface area contributed by atoms with Gasteiger partial charge in [0.25, 0.3) is 0 Å². The zero-order valence-corrected chi connectivity index (χ0v) is 14.7. The number of urea groups is 1. The highest BCUT2D eigenvalue weighted by molar-refractivity contribution is 7.09. The Labute approximate surface area is 136 Å². The van der Waals surface area contributed by atoms with Crippen molar-refractivity contribution in [1.82, 2.24) is 15.6 Å². The number of nitrogens with one attached hydrogen (secondary N) is 2. The molecule has 6 heteroatoms. The maximum Gasteiger partial charge on any atom is 0.315 e. The minimum Gasteiger partial charge on any atom is -0.388 e. The second kappa shape index (κ2) is 6.54. The molecule has 0 radical (unpaired) electrons. The first kappa shape index (κ1) is 17.2. The molecule has 1 aliphatic rings. The molecule has 1 aromatic heterocycles. The van der Waals surface area contributed by atoms with E-state index in [1.807, 2.05) is 12.3 Å². The van der Waals surface area contributed by atoms with Crippen molar-refractivity contribution in [1.29, 1.82) is 0 Å². The Bertz CT molecular complexity index is 516. The lowest BCUT2D eigenvalue weighted by Gasteiger charge is -2.23. The van der Waals surface area contributed by atoms with Crippen LogP contribution in [0.5, 0.6) is 0 Å². The van der Waals surface area contributed by atoms with E-state index in [2.05, 4.69) is 36.4 Å². The molecule has 2 amide bonds. The minimum absolute atomic E-state index is 0.0163. The standard InChI is InChI=1S/C16H27N3O2S/c1-11(13-19-12(9-22-13)15(2,3)4)18-14(20)17-10-16(21)7-5-6-8-16/h9,11,21H,5-8,10H2,1-4H3,(H2,17,18,20). The van der Waals surface area contributed by atoms with Crippen molar-refractivity contribution in [3.63, 3.8) is 0 Å². The maximum atomic E-state index is 12.0. The molecule has 2 rings (SSSR count). The van der Waals surface area contributed by atoms with Gasteiger partial charge < -0.3 is 15.7 Å². The fraction of sp³-hybridized carbons (Fsp3) is 0.750. The molecule has 0 aromatic carbocycles. The highest BCUT2D eigenvalue weighted by atomic mass is 32.1. The average molecular weight is 325 g/mol. The van der Waals surface area contributed by atoms with Crippen LogP contribution in [-0.4, -0.2) is 28.3 Å². The van der Waals surface area contributed by atoms with Crippen LogP contribution in [0.2, 0.25) is 0 Å². The highest BCUT2D eigenvalue weighted by Gasteiger charge is 2.31. The summed E-state index contributed by atoms with van der Waals surface area (Å²) < 4.78 is 0. The topological polar surface area (TPSA) is 74.2 Å². The normalized spacial score (nSPS) is 19.0. The Balaban J connectivity index is 1.84. The lowest BCUT2D eigenvalue weighted by atomic mass is 9.93.